The van der Waals surface area contributed by atoms with Gasteiger partial charge in [0, 0.05) is 19.1 Å². The molecule has 0 radical (unpaired) electrons. The first-order chi connectivity index (χ1) is 8.96. The van der Waals surface area contributed by atoms with Crippen LogP contribution in [0.15, 0.2) is 11.1 Å². The Kier molecular flexibility index (Phi) is 4.27. The molecule has 7 heteroatoms. The highest BCUT2D eigenvalue weighted by molar-refractivity contribution is 7.89. The van der Waals surface area contributed by atoms with Crippen molar-refractivity contribution >= 4 is 10.0 Å². The third-order valence-electron chi connectivity index (χ3n) is 4.06. The smallest absolute Gasteiger partial charge is 0.246 e. The van der Waals surface area contributed by atoms with Crippen molar-refractivity contribution in [2.24, 2.45) is 0 Å². The largest absolute Gasteiger partial charge is 0.317 e. The van der Waals surface area contributed by atoms with E-state index in [1.54, 1.807) is 14.0 Å². The molecule has 19 heavy (non-hydrogen) atoms. The zero-order valence-corrected chi connectivity index (χ0v) is 12.5. The minimum absolute atomic E-state index is 0.0869. The van der Waals surface area contributed by atoms with E-state index in [0.29, 0.717) is 11.7 Å². The molecule has 1 fully saturated rings. The lowest BCUT2D eigenvalue weighted by molar-refractivity contribution is 0.255. The van der Waals surface area contributed by atoms with E-state index in [0.717, 1.165) is 25.7 Å². The summed E-state index contributed by atoms with van der Waals surface area (Å²) in [5.74, 6) is 0. The molecule has 2 rings (SSSR count). The van der Waals surface area contributed by atoms with Crippen molar-refractivity contribution in [3.05, 3.63) is 11.9 Å². The molecule has 0 atom stereocenters. The number of hydrogen-bond acceptors (Lipinski definition) is 4. The molecule has 1 aromatic rings. The molecule has 0 saturated heterocycles. The van der Waals surface area contributed by atoms with Crippen LogP contribution in [0.4, 0.5) is 0 Å². The standard InChI is InChI=1S/C12H22N4O2S/c1-9-12(8-14-15-9)19(17,18)16(3)11-6-4-10(13-2)5-7-11/h8,10-11,13H,4-7H2,1-3H3,(H,14,15). The third-order valence-corrected chi connectivity index (χ3v) is 6.08. The fourth-order valence-corrected chi connectivity index (χ4v) is 4.21. The number of sulfonamides is 1. The second-order valence-electron chi connectivity index (χ2n) is 5.17. The summed E-state index contributed by atoms with van der Waals surface area (Å²) in [5, 5.41) is 9.74. The monoisotopic (exact) mass is 286 g/mol. The van der Waals surface area contributed by atoms with Crippen LogP contribution in [0, 0.1) is 6.92 Å². The van der Waals surface area contributed by atoms with Crippen LogP contribution in [0.2, 0.25) is 0 Å². The summed E-state index contributed by atoms with van der Waals surface area (Å²) in [7, 11) is 0.200. The van der Waals surface area contributed by atoms with Gasteiger partial charge in [-0.2, -0.15) is 9.40 Å². The lowest BCUT2D eigenvalue weighted by Gasteiger charge is -2.33. The van der Waals surface area contributed by atoms with Gasteiger partial charge in [-0.1, -0.05) is 0 Å². The molecular weight excluding hydrogens is 264 g/mol. The van der Waals surface area contributed by atoms with Crippen LogP contribution in [0.1, 0.15) is 31.4 Å². The van der Waals surface area contributed by atoms with Crippen LogP contribution < -0.4 is 5.32 Å². The number of nitrogens with zero attached hydrogens (tertiary/aromatic N) is 2. The van der Waals surface area contributed by atoms with E-state index in [-0.39, 0.29) is 10.9 Å². The van der Waals surface area contributed by atoms with Crippen molar-refractivity contribution in [1.82, 2.24) is 19.8 Å². The van der Waals surface area contributed by atoms with Crippen LogP contribution >= 0.6 is 0 Å². The van der Waals surface area contributed by atoms with Gasteiger partial charge in [-0.25, -0.2) is 8.42 Å². The molecule has 0 bridgehead atoms. The van der Waals surface area contributed by atoms with Gasteiger partial charge < -0.3 is 5.32 Å². The van der Waals surface area contributed by atoms with E-state index >= 15 is 0 Å². The Hall–Kier alpha value is -0.920. The lowest BCUT2D eigenvalue weighted by Crippen LogP contribution is -2.42. The average Bonchev–Trinajstić information content (AvgIpc) is 2.85. The maximum Gasteiger partial charge on any atom is 0.246 e. The molecule has 1 heterocycles. The maximum absolute atomic E-state index is 12.5. The summed E-state index contributed by atoms with van der Waals surface area (Å²) in [6, 6.07) is 0.604. The number of nitrogens with one attached hydrogen (secondary N) is 2. The molecule has 108 valence electrons. The zero-order valence-electron chi connectivity index (χ0n) is 11.7. The highest BCUT2D eigenvalue weighted by Crippen LogP contribution is 2.27. The molecule has 2 N–H and O–H groups in total. The van der Waals surface area contributed by atoms with Gasteiger partial charge in [0.2, 0.25) is 10.0 Å². The Morgan fingerprint density at radius 2 is 2.00 bits per heavy atom. The van der Waals surface area contributed by atoms with E-state index in [2.05, 4.69) is 15.5 Å². The molecular formula is C12H22N4O2S. The summed E-state index contributed by atoms with van der Waals surface area (Å²) >= 11 is 0. The molecule has 0 aliphatic heterocycles. The van der Waals surface area contributed by atoms with Crippen molar-refractivity contribution in [2.45, 2.75) is 49.6 Å². The number of aromatic amines is 1. The van der Waals surface area contributed by atoms with Crippen LogP contribution in [0.3, 0.4) is 0 Å². The van der Waals surface area contributed by atoms with Crippen LogP contribution in [0.5, 0.6) is 0 Å². The van der Waals surface area contributed by atoms with Crippen molar-refractivity contribution in [1.29, 1.82) is 0 Å². The molecule has 0 spiro atoms. The van der Waals surface area contributed by atoms with Gasteiger partial charge in [0.15, 0.2) is 0 Å². The second kappa shape index (κ2) is 5.60. The molecule has 1 aliphatic carbocycles. The minimum Gasteiger partial charge on any atom is -0.317 e. The predicted octanol–water partition coefficient (Wildman–Crippen LogP) is 0.869. The van der Waals surface area contributed by atoms with Crippen molar-refractivity contribution in [3.63, 3.8) is 0 Å². The summed E-state index contributed by atoms with van der Waals surface area (Å²) in [4.78, 5) is 0.283. The summed E-state index contributed by atoms with van der Waals surface area (Å²) < 4.78 is 26.5. The normalized spacial score (nSPS) is 24.8. The third kappa shape index (κ3) is 2.82. The molecule has 0 aromatic carbocycles. The van der Waals surface area contributed by atoms with Crippen LogP contribution in [0.25, 0.3) is 0 Å². The Morgan fingerprint density at radius 3 is 2.47 bits per heavy atom. The highest BCUT2D eigenvalue weighted by atomic mass is 32.2. The van der Waals surface area contributed by atoms with Crippen LogP contribution in [-0.2, 0) is 10.0 Å². The van der Waals surface area contributed by atoms with Gasteiger partial charge in [0.1, 0.15) is 4.90 Å². The van der Waals surface area contributed by atoms with E-state index in [9.17, 15) is 8.42 Å². The van der Waals surface area contributed by atoms with Gasteiger partial charge in [-0.15, -0.1) is 0 Å². The first-order valence-electron chi connectivity index (χ1n) is 6.62. The molecule has 0 amide bonds. The van der Waals surface area contributed by atoms with Gasteiger partial charge >= 0.3 is 0 Å². The first kappa shape index (κ1) is 14.5. The minimum atomic E-state index is -3.43. The molecule has 6 nitrogen and oxygen atoms in total. The Bertz CT molecular complexity index is 518. The Morgan fingerprint density at radius 1 is 1.37 bits per heavy atom. The van der Waals surface area contributed by atoms with E-state index in [1.165, 1.54) is 10.5 Å². The van der Waals surface area contributed by atoms with Gasteiger partial charge in [0.25, 0.3) is 0 Å². The fourth-order valence-electron chi connectivity index (χ4n) is 2.68. The SMILES string of the molecule is CNC1CCC(N(C)S(=O)(=O)c2cn[nH]c2C)CC1. The lowest BCUT2D eigenvalue weighted by atomic mass is 9.91. The Balaban J connectivity index is 2.12. The number of hydrogen-bond donors (Lipinski definition) is 2. The maximum atomic E-state index is 12.5. The van der Waals surface area contributed by atoms with Crippen molar-refractivity contribution in [2.75, 3.05) is 14.1 Å². The summed E-state index contributed by atoms with van der Waals surface area (Å²) in [6.45, 7) is 1.73. The predicted molar refractivity (Wildman–Crippen MR) is 73.4 cm³/mol. The molecule has 1 aromatic heterocycles. The van der Waals surface area contributed by atoms with E-state index in [1.807, 2.05) is 7.05 Å². The topological polar surface area (TPSA) is 78.1 Å². The van der Waals surface area contributed by atoms with E-state index < -0.39 is 10.0 Å². The molecule has 0 unspecified atom stereocenters. The quantitative estimate of drug-likeness (QED) is 0.861. The fraction of sp³-hybridized carbons (Fsp3) is 0.750. The van der Waals surface area contributed by atoms with Gasteiger partial charge in [-0.3, -0.25) is 5.10 Å². The summed E-state index contributed by atoms with van der Waals surface area (Å²) in [6.07, 6.45) is 5.23. The molecule has 1 aliphatic rings. The van der Waals surface area contributed by atoms with Gasteiger partial charge in [-0.05, 0) is 39.7 Å². The number of aromatic nitrogens is 2. The highest BCUT2D eigenvalue weighted by Gasteiger charge is 2.32. The number of rotatable bonds is 4. The summed E-state index contributed by atoms with van der Waals surface area (Å²) in [5.41, 5.74) is 0.593. The van der Waals surface area contributed by atoms with Crippen molar-refractivity contribution in [3.8, 4) is 0 Å². The van der Waals surface area contributed by atoms with Gasteiger partial charge in [0.05, 0.1) is 11.9 Å². The zero-order chi connectivity index (χ0) is 14.0. The Labute approximate surface area is 114 Å². The number of H-pyrrole nitrogens is 1. The average molecular weight is 286 g/mol. The second-order valence-corrected chi connectivity index (χ2v) is 7.14. The number of aryl methyl sites for hydroxylation is 1. The van der Waals surface area contributed by atoms with Crippen LogP contribution in [-0.4, -0.2) is 49.1 Å². The first-order valence-corrected chi connectivity index (χ1v) is 8.06. The van der Waals surface area contributed by atoms with E-state index in [4.69, 9.17) is 0 Å². The van der Waals surface area contributed by atoms with Crippen molar-refractivity contribution < 1.29 is 8.42 Å². The molecule has 1 saturated carbocycles.